The fourth-order valence-electron chi connectivity index (χ4n) is 6.39. The first kappa shape index (κ1) is 19.0. The van der Waals surface area contributed by atoms with E-state index in [0.29, 0.717) is 28.9 Å². The number of carbonyl (C=O) groups is 1. The van der Waals surface area contributed by atoms with Crippen LogP contribution in [0, 0.1) is 10.8 Å². The van der Waals surface area contributed by atoms with Gasteiger partial charge in [0.15, 0.2) is 0 Å². The zero-order chi connectivity index (χ0) is 19.2. The Labute approximate surface area is 164 Å². The van der Waals surface area contributed by atoms with E-state index in [9.17, 15) is 4.79 Å². The number of benzene rings is 1. The van der Waals surface area contributed by atoms with E-state index in [1.54, 1.807) is 0 Å². The summed E-state index contributed by atoms with van der Waals surface area (Å²) >= 11 is 0. The standard InChI is InChI=1S/C24H35NO2/c1-23(2)13-20-14-24(3,15-23)16-25(20)22(26)19-7-5-17(6-8-19)18-9-11-21(27-4)12-10-18/h5-8,18,20-21H,9-16H2,1-4H3. The van der Waals surface area contributed by atoms with Crippen LogP contribution in [0.3, 0.4) is 0 Å². The van der Waals surface area contributed by atoms with Gasteiger partial charge in [0.25, 0.3) is 5.91 Å². The average molecular weight is 370 g/mol. The minimum atomic E-state index is 0.232. The highest BCUT2D eigenvalue weighted by molar-refractivity contribution is 5.94. The monoisotopic (exact) mass is 369 g/mol. The normalized spacial score (nSPS) is 35.3. The van der Waals surface area contributed by atoms with Crippen molar-refractivity contribution < 1.29 is 9.53 Å². The Kier molecular flexibility index (Phi) is 4.86. The molecule has 148 valence electrons. The maximum atomic E-state index is 13.2. The third-order valence-electron chi connectivity index (χ3n) is 7.31. The number of hydrogen-bond acceptors (Lipinski definition) is 2. The number of methoxy groups -OCH3 is 1. The fraction of sp³-hybridized carbons (Fsp3) is 0.708. The summed E-state index contributed by atoms with van der Waals surface area (Å²) in [6.45, 7) is 8.01. The highest BCUT2D eigenvalue weighted by Gasteiger charge is 2.51. The molecular weight excluding hydrogens is 334 g/mol. The van der Waals surface area contributed by atoms with Crippen LogP contribution in [0.4, 0.5) is 0 Å². The maximum Gasteiger partial charge on any atom is 0.254 e. The first-order chi connectivity index (χ1) is 12.8. The first-order valence-corrected chi connectivity index (χ1v) is 10.7. The van der Waals surface area contributed by atoms with Crippen LogP contribution in [0.25, 0.3) is 0 Å². The molecule has 1 saturated heterocycles. The number of carbonyl (C=O) groups excluding carboxylic acids is 1. The van der Waals surface area contributed by atoms with Crippen molar-refractivity contribution in [2.24, 2.45) is 10.8 Å². The van der Waals surface area contributed by atoms with Crippen LogP contribution in [0.15, 0.2) is 24.3 Å². The van der Waals surface area contributed by atoms with Crippen molar-refractivity contribution in [3.63, 3.8) is 0 Å². The molecule has 2 atom stereocenters. The van der Waals surface area contributed by atoms with Gasteiger partial charge in [-0.2, -0.15) is 0 Å². The second kappa shape index (κ2) is 6.92. The quantitative estimate of drug-likeness (QED) is 0.714. The average Bonchev–Trinajstić information content (AvgIpc) is 2.90. The molecule has 0 aromatic heterocycles. The lowest BCUT2D eigenvalue weighted by atomic mass is 9.65. The molecular formula is C24H35NO2. The molecule has 1 aliphatic heterocycles. The zero-order valence-electron chi connectivity index (χ0n) is 17.5. The van der Waals surface area contributed by atoms with Gasteiger partial charge in [-0.15, -0.1) is 0 Å². The van der Waals surface area contributed by atoms with Crippen molar-refractivity contribution in [1.82, 2.24) is 4.90 Å². The fourth-order valence-corrected chi connectivity index (χ4v) is 6.39. The Morgan fingerprint density at radius 3 is 2.33 bits per heavy atom. The summed E-state index contributed by atoms with van der Waals surface area (Å²) in [5.74, 6) is 0.849. The SMILES string of the molecule is COC1CCC(c2ccc(C(=O)N3CC4(C)CC3CC(C)(C)C4)cc2)CC1. The van der Waals surface area contributed by atoms with Gasteiger partial charge in [-0.1, -0.05) is 32.9 Å². The van der Waals surface area contributed by atoms with Crippen LogP contribution >= 0.6 is 0 Å². The number of nitrogens with zero attached hydrogens (tertiary/aromatic N) is 1. The van der Waals surface area contributed by atoms with E-state index < -0.39 is 0 Å². The van der Waals surface area contributed by atoms with Crippen molar-refractivity contribution in [2.75, 3.05) is 13.7 Å². The minimum absolute atomic E-state index is 0.232. The molecule has 0 N–H and O–H groups in total. The lowest BCUT2D eigenvalue weighted by Gasteiger charge is -2.39. The third-order valence-corrected chi connectivity index (χ3v) is 7.31. The summed E-state index contributed by atoms with van der Waals surface area (Å²) in [4.78, 5) is 15.4. The molecule has 1 amide bonds. The van der Waals surface area contributed by atoms with Crippen molar-refractivity contribution in [2.45, 2.75) is 83.8 Å². The van der Waals surface area contributed by atoms with E-state index >= 15 is 0 Å². The molecule has 2 saturated carbocycles. The molecule has 3 nitrogen and oxygen atoms in total. The van der Waals surface area contributed by atoms with Crippen LogP contribution in [0.2, 0.25) is 0 Å². The Morgan fingerprint density at radius 2 is 1.70 bits per heavy atom. The summed E-state index contributed by atoms with van der Waals surface area (Å²) < 4.78 is 5.49. The molecule has 3 aliphatic rings. The summed E-state index contributed by atoms with van der Waals surface area (Å²) in [7, 11) is 1.82. The van der Waals surface area contributed by atoms with E-state index in [0.717, 1.165) is 31.4 Å². The van der Waals surface area contributed by atoms with Gasteiger partial charge in [-0.25, -0.2) is 0 Å². The number of hydrogen-bond donors (Lipinski definition) is 0. The first-order valence-electron chi connectivity index (χ1n) is 10.7. The maximum absolute atomic E-state index is 13.2. The van der Waals surface area contributed by atoms with Crippen LogP contribution in [-0.4, -0.2) is 36.6 Å². The van der Waals surface area contributed by atoms with Gasteiger partial charge in [0.05, 0.1) is 6.10 Å². The van der Waals surface area contributed by atoms with Gasteiger partial charge in [0.2, 0.25) is 0 Å². The molecule has 3 heteroatoms. The summed E-state index contributed by atoms with van der Waals surface area (Å²) in [6.07, 6.45) is 8.63. The summed E-state index contributed by atoms with van der Waals surface area (Å²) in [6, 6.07) is 8.93. The number of rotatable bonds is 3. The van der Waals surface area contributed by atoms with E-state index in [4.69, 9.17) is 4.74 Å². The highest BCUT2D eigenvalue weighted by atomic mass is 16.5. The molecule has 2 unspecified atom stereocenters. The Bertz CT molecular complexity index is 687. The van der Waals surface area contributed by atoms with E-state index in [1.807, 2.05) is 7.11 Å². The smallest absolute Gasteiger partial charge is 0.254 e. The van der Waals surface area contributed by atoms with Gasteiger partial charge >= 0.3 is 0 Å². The largest absolute Gasteiger partial charge is 0.381 e. The van der Waals surface area contributed by atoms with Crippen molar-refractivity contribution in [3.05, 3.63) is 35.4 Å². The second-order valence-electron chi connectivity index (χ2n) is 10.5. The molecule has 3 fully saturated rings. The lowest BCUT2D eigenvalue weighted by molar-refractivity contribution is 0.0658. The van der Waals surface area contributed by atoms with Gasteiger partial charge < -0.3 is 9.64 Å². The highest BCUT2D eigenvalue weighted by Crippen LogP contribution is 2.52. The molecule has 0 radical (unpaired) electrons. The van der Waals surface area contributed by atoms with Crippen LogP contribution in [0.5, 0.6) is 0 Å². The van der Waals surface area contributed by atoms with E-state index in [1.165, 1.54) is 31.2 Å². The van der Waals surface area contributed by atoms with Crippen molar-refractivity contribution in [1.29, 1.82) is 0 Å². The van der Waals surface area contributed by atoms with Crippen molar-refractivity contribution >= 4 is 5.91 Å². The molecule has 27 heavy (non-hydrogen) atoms. The van der Waals surface area contributed by atoms with Crippen LogP contribution in [-0.2, 0) is 4.74 Å². The predicted octanol–water partition coefficient (Wildman–Crippen LogP) is 5.40. The molecule has 1 heterocycles. The number of likely N-dealkylation sites (tertiary alicyclic amines) is 1. The Morgan fingerprint density at radius 1 is 1.04 bits per heavy atom. The molecule has 4 rings (SSSR count). The Hall–Kier alpha value is -1.35. The molecule has 2 bridgehead atoms. The molecule has 1 aromatic carbocycles. The van der Waals surface area contributed by atoms with E-state index in [-0.39, 0.29) is 5.91 Å². The second-order valence-corrected chi connectivity index (χ2v) is 10.5. The van der Waals surface area contributed by atoms with Gasteiger partial charge in [0.1, 0.15) is 0 Å². The summed E-state index contributed by atoms with van der Waals surface area (Å²) in [5.41, 5.74) is 2.88. The third kappa shape index (κ3) is 3.81. The Balaban J connectivity index is 1.44. The summed E-state index contributed by atoms with van der Waals surface area (Å²) in [5, 5.41) is 0. The topological polar surface area (TPSA) is 29.5 Å². The number of ether oxygens (including phenoxy) is 1. The van der Waals surface area contributed by atoms with E-state index in [2.05, 4.69) is 49.9 Å². The number of fused-ring (bicyclic) bond motifs is 2. The van der Waals surface area contributed by atoms with Gasteiger partial charge in [0, 0.05) is 25.3 Å². The van der Waals surface area contributed by atoms with Gasteiger partial charge in [-0.3, -0.25) is 4.79 Å². The number of amides is 1. The minimum Gasteiger partial charge on any atom is -0.381 e. The zero-order valence-corrected chi connectivity index (χ0v) is 17.5. The molecule has 2 aliphatic carbocycles. The molecule has 0 spiro atoms. The molecule has 1 aromatic rings. The van der Waals surface area contributed by atoms with Crippen molar-refractivity contribution in [3.8, 4) is 0 Å². The van der Waals surface area contributed by atoms with Gasteiger partial charge in [-0.05, 0) is 79.4 Å². The predicted molar refractivity (Wildman–Crippen MR) is 109 cm³/mol. The van der Waals surface area contributed by atoms with Crippen LogP contribution in [0.1, 0.15) is 87.6 Å². The van der Waals surface area contributed by atoms with Crippen LogP contribution < -0.4 is 0 Å². The lowest BCUT2D eigenvalue weighted by Crippen LogP contribution is -2.37.